The van der Waals surface area contributed by atoms with Crippen molar-refractivity contribution < 1.29 is 43.7 Å². The fourth-order valence-electron chi connectivity index (χ4n) is 2.53. The van der Waals surface area contributed by atoms with Gasteiger partial charge in [0.1, 0.15) is 17.9 Å². The lowest BCUT2D eigenvalue weighted by Crippen LogP contribution is -2.51. The van der Waals surface area contributed by atoms with Crippen molar-refractivity contribution in [2.45, 2.75) is 50.7 Å². The minimum Gasteiger partial charge on any atom is -0.481 e. The van der Waals surface area contributed by atoms with Gasteiger partial charge in [0, 0.05) is 24.9 Å². The standard InChI is InChI=1S/C19H24FN3O8/c20-12-5-2-1-4-11(12)10-21-15(24)7-3-6-13(17(27)28)22-19(31)23-14(18(29)30)8-9-16(25)26/h1-2,4-5,13-14H,3,6-10H2,(H,21,24)(H,25,26)(H,27,28)(H,29,30)(H2,22,23,31)/t13-,14-/m0/s1. The molecule has 3 amide bonds. The first-order valence-electron chi connectivity index (χ1n) is 9.34. The maximum Gasteiger partial charge on any atom is 0.326 e. The van der Waals surface area contributed by atoms with Crippen LogP contribution in [0.2, 0.25) is 0 Å². The molecule has 0 bridgehead atoms. The van der Waals surface area contributed by atoms with E-state index >= 15 is 0 Å². The van der Waals surface area contributed by atoms with Gasteiger partial charge in [-0.1, -0.05) is 18.2 Å². The molecular weight excluding hydrogens is 417 g/mol. The first-order chi connectivity index (χ1) is 14.6. The molecule has 0 aliphatic heterocycles. The minimum atomic E-state index is -1.50. The molecule has 11 nitrogen and oxygen atoms in total. The smallest absolute Gasteiger partial charge is 0.326 e. The molecule has 0 radical (unpaired) electrons. The normalized spacial score (nSPS) is 12.3. The molecule has 0 unspecified atom stereocenters. The van der Waals surface area contributed by atoms with Crippen molar-refractivity contribution in [3.05, 3.63) is 35.6 Å². The number of urea groups is 1. The third-order valence-electron chi connectivity index (χ3n) is 4.18. The van der Waals surface area contributed by atoms with Crippen molar-refractivity contribution >= 4 is 29.8 Å². The van der Waals surface area contributed by atoms with Gasteiger partial charge in [0.15, 0.2) is 0 Å². The van der Waals surface area contributed by atoms with E-state index in [0.29, 0.717) is 5.56 Å². The lowest BCUT2D eigenvalue weighted by molar-refractivity contribution is -0.140. The molecule has 0 aliphatic rings. The van der Waals surface area contributed by atoms with Crippen LogP contribution < -0.4 is 16.0 Å². The van der Waals surface area contributed by atoms with Crippen molar-refractivity contribution in [1.29, 1.82) is 0 Å². The molecule has 0 aromatic heterocycles. The zero-order valence-corrected chi connectivity index (χ0v) is 16.5. The highest BCUT2D eigenvalue weighted by atomic mass is 19.1. The number of hydrogen-bond donors (Lipinski definition) is 6. The Balaban J connectivity index is 2.45. The summed E-state index contributed by atoms with van der Waals surface area (Å²) in [5.41, 5.74) is 0.300. The van der Waals surface area contributed by atoms with E-state index in [4.69, 9.17) is 10.2 Å². The van der Waals surface area contributed by atoms with Crippen molar-refractivity contribution in [3.8, 4) is 0 Å². The highest BCUT2D eigenvalue weighted by molar-refractivity contribution is 5.86. The van der Waals surface area contributed by atoms with Crippen molar-refractivity contribution in [1.82, 2.24) is 16.0 Å². The van der Waals surface area contributed by atoms with Crippen molar-refractivity contribution in [2.24, 2.45) is 0 Å². The van der Waals surface area contributed by atoms with Gasteiger partial charge in [-0.2, -0.15) is 0 Å². The Morgan fingerprint density at radius 2 is 1.45 bits per heavy atom. The molecular formula is C19H24FN3O8. The molecule has 1 rings (SSSR count). The third-order valence-corrected chi connectivity index (χ3v) is 4.18. The quantitative estimate of drug-likeness (QED) is 0.258. The first kappa shape index (κ1) is 25.3. The summed E-state index contributed by atoms with van der Waals surface area (Å²) in [6, 6.07) is 1.92. The zero-order chi connectivity index (χ0) is 23.4. The van der Waals surface area contributed by atoms with E-state index in [-0.39, 0.29) is 32.2 Å². The SMILES string of the molecule is O=C(O)CC[C@H](NC(=O)N[C@@H](CCCC(=O)NCc1ccccc1F)C(=O)O)C(=O)O. The molecule has 0 saturated heterocycles. The fraction of sp³-hybridized carbons (Fsp3) is 0.421. The van der Waals surface area contributed by atoms with Crippen LogP contribution in [0.4, 0.5) is 9.18 Å². The Bertz CT molecular complexity index is 817. The van der Waals surface area contributed by atoms with Gasteiger partial charge in [-0.05, 0) is 25.3 Å². The predicted molar refractivity (Wildman–Crippen MR) is 103 cm³/mol. The molecule has 12 heteroatoms. The van der Waals surface area contributed by atoms with Crippen LogP contribution in [-0.4, -0.2) is 57.2 Å². The molecule has 0 fully saturated rings. The average Bonchev–Trinajstić information content (AvgIpc) is 2.69. The van der Waals surface area contributed by atoms with Gasteiger partial charge in [0.2, 0.25) is 5.91 Å². The first-order valence-corrected chi connectivity index (χ1v) is 9.34. The number of rotatable bonds is 13. The Kier molecular flexibility index (Phi) is 10.4. The van der Waals surface area contributed by atoms with Crippen LogP contribution in [0.15, 0.2) is 24.3 Å². The number of aliphatic carboxylic acids is 3. The summed E-state index contributed by atoms with van der Waals surface area (Å²) in [6.45, 7) is -0.0263. The monoisotopic (exact) mass is 441 g/mol. The largest absolute Gasteiger partial charge is 0.481 e. The third kappa shape index (κ3) is 10.1. The Hall–Kier alpha value is -3.70. The number of halogens is 1. The number of carboxylic acid groups (broad SMARTS) is 3. The molecule has 0 aliphatic carbocycles. The topological polar surface area (TPSA) is 182 Å². The summed E-state index contributed by atoms with van der Waals surface area (Å²) in [7, 11) is 0. The molecule has 0 heterocycles. The van der Waals surface area contributed by atoms with Gasteiger partial charge < -0.3 is 31.3 Å². The molecule has 2 atom stereocenters. The molecule has 170 valence electrons. The second-order valence-corrected chi connectivity index (χ2v) is 6.59. The molecule has 0 spiro atoms. The summed E-state index contributed by atoms with van der Waals surface area (Å²) >= 11 is 0. The van der Waals surface area contributed by atoms with Crippen molar-refractivity contribution in [2.75, 3.05) is 0 Å². The second kappa shape index (κ2) is 12.8. The predicted octanol–water partition coefficient (Wildman–Crippen LogP) is 0.683. The van der Waals surface area contributed by atoms with Gasteiger partial charge in [-0.25, -0.2) is 18.8 Å². The summed E-state index contributed by atoms with van der Waals surface area (Å²) in [5, 5.41) is 33.4. The second-order valence-electron chi connectivity index (χ2n) is 6.59. The van der Waals surface area contributed by atoms with E-state index in [9.17, 15) is 33.5 Å². The Morgan fingerprint density at radius 3 is 2.00 bits per heavy atom. The van der Waals surface area contributed by atoms with E-state index in [1.54, 1.807) is 6.07 Å². The number of carbonyl (C=O) groups excluding carboxylic acids is 2. The van der Waals surface area contributed by atoms with E-state index in [2.05, 4.69) is 10.6 Å². The molecule has 31 heavy (non-hydrogen) atoms. The highest BCUT2D eigenvalue weighted by Gasteiger charge is 2.24. The van der Waals surface area contributed by atoms with Crippen LogP contribution in [0.25, 0.3) is 0 Å². The van der Waals surface area contributed by atoms with Crippen LogP contribution in [0.1, 0.15) is 37.7 Å². The van der Waals surface area contributed by atoms with Crippen LogP contribution in [-0.2, 0) is 25.7 Å². The van der Waals surface area contributed by atoms with Gasteiger partial charge in [0.05, 0.1) is 0 Å². The summed E-state index contributed by atoms with van der Waals surface area (Å²) in [6.07, 6.45) is -0.984. The lowest BCUT2D eigenvalue weighted by Gasteiger charge is -2.18. The lowest BCUT2D eigenvalue weighted by atomic mass is 10.1. The van der Waals surface area contributed by atoms with Gasteiger partial charge in [-0.15, -0.1) is 0 Å². The summed E-state index contributed by atoms with van der Waals surface area (Å²) in [4.78, 5) is 56.7. The molecule has 6 N–H and O–H groups in total. The van der Waals surface area contributed by atoms with E-state index in [1.807, 2.05) is 5.32 Å². The average molecular weight is 441 g/mol. The Morgan fingerprint density at radius 1 is 0.871 bits per heavy atom. The van der Waals surface area contributed by atoms with Crippen LogP contribution in [0.3, 0.4) is 0 Å². The number of nitrogens with one attached hydrogen (secondary N) is 3. The summed E-state index contributed by atoms with van der Waals surface area (Å²) in [5.74, 6) is -5.00. The maximum absolute atomic E-state index is 13.5. The number of benzene rings is 1. The number of carboxylic acids is 3. The van der Waals surface area contributed by atoms with Gasteiger partial charge >= 0.3 is 23.9 Å². The number of hydrogen-bond acceptors (Lipinski definition) is 5. The van der Waals surface area contributed by atoms with Crippen LogP contribution in [0.5, 0.6) is 0 Å². The zero-order valence-electron chi connectivity index (χ0n) is 16.5. The van der Waals surface area contributed by atoms with Gasteiger partial charge in [-0.3, -0.25) is 9.59 Å². The van der Waals surface area contributed by atoms with Crippen molar-refractivity contribution in [3.63, 3.8) is 0 Å². The van der Waals surface area contributed by atoms with E-state index < -0.39 is 54.2 Å². The summed E-state index contributed by atoms with van der Waals surface area (Å²) < 4.78 is 13.5. The number of carbonyl (C=O) groups is 5. The van der Waals surface area contributed by atoms with E-state index in [1.165, 1.54) is 18.2 Å². The molecule has 1 aromatic rings. The van der Waals surface area contributed by atoms with Crippen LogP contribution >= 0.6 is 0 Å². The maximum atomic E-state index is 13.5. The van der Waals surface area contributed by atoms with E-state index in [0.717, 1.165) is 0 Å². The Labute approximate surface area is 176 Å². The van der Waals surface area contributed by atoms with Gasteiger partial charge in [0.25, 0.3) is 0 Å². The minimum absolute atomic E-state index is 0.0263. The molecule has 1 aromatic carbocycles. The molecule has 0 saturated carbocycles. The number of amides is 3. The van der Waals surface area contributed by atoms with Crippen LogP contribution in [0, 0.1) is 5.82 Å². The fourth-order valence-corrected chi connectivity index (χ4v) is 2.53. The highest BCUT2D eigenvalue weighted by Crippen LogP contribution is 2.07.